The van der Waals surface area contributed by atoms with E-state index in [2.05, 4.69) is 10.2 Å². The van der Waals surface area contributed by atoms with Gasteiger partial charge >= 0.3 is 0 Å². The average molecular weight is 382 g/mol. The van der Waals surface area contributed by atoms with E-state index in [1.54, 1.807) is 6.92 Å². The first kappa shape index (κ1) is 18.8. The Balaban J connectivity index is 1.66. The van der Waals surface area contributed by atoms with Gasteiger partial charge in [-0.15, -0.1) is 10.2 Å². The molecule has 7 heteroatoms. The summed E-state index contributed by atoms with van der Waals surface area (Å²) in [6.07, 6.45) is -2.99. The molecule has 2 heterocycles. The molecule has 28 heavy (non-hydrogen) atoms. The van der Waals surface area contributed by atoms with Crippen molar-refractivity contribution in [2.75, 3.05) is 6.61 Å². The van der Waals surface area contributed by atoms with Gasteiger partial charge < -0.3 is 24.5 Å². The zero-order valence-electron chi connectivity index (χ0n) is 15.4. The van der Waals surface area contributed by atoms with Crippen molar-refractivity contribution in [3.05, 3.63) is 60.0 Å². The molecular formula is C21H22N2O5. The lowest BCUT2D eigenvalue weighted by molar-refractivity contribution is -0.179. The van der Waals surface area contributed by atoms with Crippen molar-refractivity contribution in [3.8, 4) is 22.6 Å². The lowest BCUT2D eigenvalue weighted by Crippen LogP contribution is -2.44. The highest BCUT2D eigenvalue weighted by Gasteiger charge is 2.37. The molecule has 1 aliphatic rings. The minimum absolute atomic E-state index is 0.203. The molecule has 0 saturated carbocycles. The molecule has 4 rings (SSSR count). The van der Waals surface area contributed by atoms with Crippen LogP contribution in [0, 0.1) is 6.92 Å². The van der Waals surface area contributed by atoms with Gasteiger partial charge in [-0.2, -0.15) is 0 Å². The standard InChI is InChI=1S/C21H22N2O5/c1-12-22-23-21(27-12)16-7-3-5-14(9-16)13-4-2-6-15(8-13)20-19(26)18(25)10-17(11-24)28-20/h2-9,17-20,24-26H,10-11H2,1H3. The first-order valence-electron chi connectivity index (χ1n) is 9.18. The van der Waals surface area contributed by atoms with E-state index in [4.69, 9.17) is 9.15 Å². The maximum atomic E-state index is 10.4. The lowest BCUT2D eigenvalue weighted by Gasteiger charge is -2.37. The number of aromatic nitrogens is 2. The molecule has 1 aromatic heterocycles. The number of hydrogen-bond acceptors (Lipinski definition) is 7. The number of ether oxygens (including phenoxy) is 1. The van der Waals surface area contributed by atoms with Crippen molar-refractivity contribution >= 4 is 0 Å². The topological polar surface area (TPSA) is 109 Å². The number of aliphatic hydroxyl groups excluding tert-OH is 3. The molecule has 3 N–H and O–H groups in total. The summed E-state index contributed by atoms with van der Waals surface area (Å²) >= 11 is 0. The lowest BCUT2D eigenvalue weighted by atomic mass is 9.91. The minimum atomic E-state index is -1.05. The van der Waals surface area contributed by atoms with Crippen LogP contribution in [0.15, 0.2) is 52.9 Å². The van der Waals surface area contributed by atoms with Crippen molar-refractivity contribution in [1.29, 1.82) is 0 Å². The van der Waals surface area contributed by atoms with Gasteiger partial charge in [0.2, 0.25) is 11.8 Å². The van der Waals surface area contributed by atoms with Crippen LogP contribution in [-0.2, 0) is 4.74 Å². The molecule has 146 valence electrons. The molecule has 0 aliphatic carbocycles. The number of rotatable bonds is 4. The van der Waals surface area contributed by atoms with Gasteiger partial charge in [-0.3, -0.25) is 0 Å². The van der Waals surface area contributed by atoms with Crippen molar-refractivity contribution in [2.24, 2.45) is 0 Å². The van der Waals surface area contributed by atoms with Gasteiger partial charge in [0, 0.05) is 18.9 Å². The second-order valence-corrected chi connectivity index (χ2v) is 6.99. The minimum Gasteiger partial charge on any atom is -0.421 e. The van der Waals surface area contributed by atoms with E-state index in [1.165, 1.54) is 0 Å². The van der Waals surface area contributed by atoms with Gasteiger partial charge in [-0.1, -0.05) is 30.3 Å². The highest BCUT2D eigenvalue weighted by atomic mass is 16.5. The highest BCUT2D eigenvalue weighted by molar-refractivity contribution is 5.70. The van der Waals surface area contributed by atoms with Gasteiger partial charge in [-0.25, -0.2) is 0 Å². The first-order valence-corrected chi connectivity index (χ1v) is 9.18. The van der Waals surface area contributed by atoms with Crippen molar-refractivity contribution in [3.63, 3.8) is 0 Å². The summed E-state index contributed by atoms with van der Waals surface area (Å²) in [7, 11) is 0. The predicted octanol–water partition coefficient (Wildman–Crippen LogP) is 2.26. The summed E-state index contributed by atoms with van der Waals surface area (Å²) in [6, 6.07) is 15.3. The molecule has 0 spiro atoms. The quantitative estimate of drug-likeness (QED) is 0.635. The predicted molar refractivity (Wildman–Crippen MR) is 101 cm³/mol. The summed E-state index contributed by atoms with van der Waals surface area (Å²) in [5, 5.41) is 37.8. The fourth-order valence-corrected chi connectivity index (χ4v) is 3.49. The smallest absolute Gasteiger partial charge is 0.247 e. The highest BCUT2D eigenvalue weighted by Crippen LogP contribution is 2.34. The third kappa shape index (κ3) is 3.70. The zero-order chi connectivity index (χ0) is 19.7. The van der Waals surface area contributed by atoms with E-state index in [1.807, 2.05) is 48.5 Å². The summed E-state index contributed by atoms with van der Waals surface area (Å²) in [4.78, 5) is 0. The Morgan fingerprint density at radius 1 is 1.00 bits per heavy atom. The maximum absolute atomic E-state index is 10.4. The second kappa shape index (κ2) is 7.81. The number of hydrogen-bond donors (Lipinski definition) is 3. The average Bonchev–Trinajstić information content (AvgIpc) is 3.16. The monoisotopic (exact) mass is 382 g/mol. The van der Waals surface area contributed by atoms with Crippen LogP contribution in [0.25, 0.3) is 22.6 Å². The molecule has 4 unspecified atom stereocenters. The van der Waals surface area contributed by atoms with Crippen LogP contribution >= 0.6 is 0 Å². The summed E-state index contributed by atoms with van der Waals surface area (Å²) < 4.78 is 11.3. The first-order chi connectivity index (χ1) is 13.5. The van der Waals surface area contributed by atoms with Gasteiger partial charge in [0.1, 0.15) is 12.2 Å². The third-order valence-electron chi connectivity index (χ3n) is 4.94. The van der Waals surface area contributed by atoms with Gasteiger partial charge in [0.15, 0.2) is 0 Å². The Labute approximate surface area is 162 Å². The van der Waals surface area contributed by atoms with E-state index in [0.717, 1.165) is 22.3 Å². The largest absolute Gasteiger partial charge is 0.421 e. The SMILES string of the molecule is Cc1nnc(-c2cccc(-c3cccc(C4OC(CO)CC(O)C4O)c3)c2)o1. The van der Waals surface area contributed by atoms with Crippen molar-refractivity contribution in [1.82, 2.24) is 10.2 Å². The van der Waals surface area contributed by atoms with Crippen molar-refractivity contribution in [2.45, 2.75) is 37.8 Å². The fourth-order valence-electron chi connectivity index (χ4n) is 3.49. The molecular weight excluding hydrogens is 360 g/mol. The molecule has 0 radical (unpaired) electrons. The fraction of sp³-hybridized carbons (Fsp3) is 0.333. The summed E-state index contributed by atoms with van der Waals surface area (Å²) in [5.41, 5.74) is 3.42. The summed E-state index contributed by atoms with van der Waals surface area (Å²) in [5.74, 6) is 0.957. The van der Waals surface area contributed by atoms with Crippen LogP contribution < -0.4 is 0 Å². The van der Waals surface area contributed by atoms with E-state index in [-0.39, 0.29) is 13.0 Å². The maximum Gasteiger partial charge on any atom is 0.247 e. The van der Waals surface area contributed by atoms with Crippen LogP contribution in [-0.4, -0.2) is 50.4 Å². The normalized spacial score (nSPS) is 25.0. The van der Waals surface area contributed by atoms with Crippen molar-refractivity contribution < 1.29 is 24.5 Å². The number of nitrogens with zero attached hydrogens (tertiary/aromatic N) is 2. The molecule has 0 amide bonds. The molecule has 4 atom stereocenters. The Kier molecular flexibility index (Phi) is 5.23. The van der Waals surface area contributed by atoms with E-state index < -0.39 is 24.4 Å². The molecule has 1 aliphatic heterocycles. The van der Waals surface area contributed by atoms with Crippen LogP contribution in [0.4, 0.5) is 0 Å². The number of aryl methyl sites for hydroxylation is 1. The van der Waals surface area contributed by atoms with E-state index >= 15 is 0 Å². The van der Waals surface area contributed by atoms with Crippen LogP contribution in [0.2, 0.25) is 0 Å². The Hall–Kier alpha value is -2.58. The van der Waals surface area contributed by atoms with Crippen LogP contribution in [0.5, 0.6) is 0 Å². The molecule has 1 fully saturated rings. The molecule has 3 aromatic rings. The van der Waals surface area contributed by atoms with E-state index in [0.29, 0.717) is 11.8 Å². The van der Waals surface area contributed by atoms with Crippen LogP contribution in [0.3, 0.4) is 0 Å². The Morgan fingerprint density at radius 2 is 1.71 bits per heavy atom. The third-order valence-corrected chi connectivity index (χ3v) is 4.94. The number of benzene rings is 2. The Bertz CT molecular complexity index is 957. The zero-order valence-corrected chi connectivity index (χ0v) is 15.4. The summed E-state index contributed by atoms with van der Waals surface area (Å²) in [6.45, 7) is 1.54. The molecule has 2 aromatic carbocycles. The van der Waals surface area contributed by atoms with E-state index in [9.17, 15) is 15.3 Å². The molecule has 0 bridgehead atoms. The van der Waals surface area contributed by atoms with Crippen LogP contribution in [0.1, 0.15) is 24.0 Å². The second-order valence-electron chi connectivity index (χ2n) is 6.99. The van der Waals surface area contributed by atoms with Gasteiger partial charge in [0.25, 0.3) is 0 Å². The molecule has 1 saturated heterocycles. The number of aliphatic hydroxyl groups is 3. The Morgan fingerprint density at radius 3 is 2.43 bits per heavy atom. The van der Waals surface area contributed by atoms with Gasteiger partial charge in [0.05, 0.1) is 18.8 Å². The molecule has 7 nitrogen and oxygen atoms in total. The van der Waals surface area contributed by atoms with Gasteiger partial charge in [-0.05, 0) is 34.9 Å².